The minimum atomic E-state index is -0.107. The minimum absolute atomic E-state index is 0.107. The van der Waals surface area contributed by atoms with Crippen LogP contribution in [0.4, 0.5) is 5.69 Å². The van der Waals surface area contributed by atoms with Gasteiger partial charge in [0.2, 0.25) is 5.91 Å². The lowest BCUT2D eigenvalue weighted by Gasteiger charge is -2.32. The molecule has 1 aliphatic heterocycles. The fourth-order valence-corrected chi connectivity index (χ4v) is 3.57. The summed E-state index contributed by atoms with van der Waals surface area (Å²) in [5.74, 6) is 1.89. The Kier molecular flexibility index (Phi) is 6.71. The van der Waals surface area contributed by atoms with Crippen molar-refractivity contribution < 1.29 is 14.3 Å². The van der Waals surface area contributed by atoms with Crippen molar-refractivity contribution in [3.05, 3.63) is 54.1 Å². The summed E-state index contributed by atoms with van der Waals surface area (Å²) < 4.78 is 11.3. The number of carbonyl (C=O) groups is 1. The van der Waals surface area contributed by atoms with E-state index in [1.165, 1.54) is 25.3 Å². The van der Waals surface area contributed by atoms with Gasteiger partial charge >= 0.3 is 0 Å². The van der Waals surface area contributed by atoms with E-state index in [2.05, 4.69) is 40.5 Å². The molecule has 1 fully saturated rings. The number of anilines is 1. The second-order valence-corrected chi connectivity index (χ2v) is 6.92. The minimum Gasteiger partial charge on any atom is -0.493 e. The van der Waals surface area contributed by atoms with Crippen LogP contribution in [-0.4, -0.2) is 44.2 Å². The third-order valence-corrected chi connectivity index (χ3v) is 5.01. The number of hydrogen-bond donors (Lipinski definition) is 1. The van der Waals surface area contributed by atoms with Gasteiger partial charge in [0.25, 0.3) is 0 Å². The Balaban J connectivity index is 1.46. The van der Waals surface area contributed by atoms with E-state index in [1.807, 2.05) is 12.1 Å². The molecule has 1 saturated heterocycles. The van der Waals surface area contributed by atoms with Gasteiger partial charge in [-0.1, -0.05) is 30.3 Å². The Morgan fingerprint density at radius 3 is 2.52 bits per heavy atom. The number of piperidine rings is 1. The molecule has 27 heavy (non-hydrogen) atoms. The molecule has 0 radical (unpaired) electrons. The highest BCUT2D eigenvalue weighted by Crippen LogP contribution is 2.31. The van der Waals surface area contributed by atoms with Gasteiger partial charge in [0.1, 0.15) is 6.61 Å². The first-order chi connectivity index (χ1) is 13.2. The third-order valence-electron chi connectivity index (χ3n) is 5.01. The van der Waals surface area contributed by atoms with Gasteiger partial charge in [-0.25, -0.2) is 0 Å². The van der Waals surface area contributed by atoms with Crippen LogP contribution in [0, 0.1) is 0 Å². The van der Waals surface area contributed by atoms with E-state index in [-0.39, 0.29) is 5.91 Å². The van der Waals surface area contributed by atoms with Crippen LogP contribution in [0.3, 0.4) is 0 Å². The number of ether oxygens (including phenoxy) is 2. The summed E-state index contributed by atoms with van der Waals surface area (Å²) in [6.07, 6.45) is 2.39. The summed E-state index contributed by atoms with van der Waals surface area (Å²) in [6, 6.07) is 16.2. The van der Waals surface area contributed by atoms with E-state index < -0.39 is 0 Å². The molecule has 0 aromatic heterocycles. The first kappa shape index (κ1) is 19.2. The van der Waals surface area contributed by atoms with Gasteiger partial charge in [-0.15, -0.1) is 0 Å². The molecule has 144 valence electrons. The monoisotopic (exact) mass is 368 g/mol. The second kappa shape index (κ2) is 9.42. The van der Waals surface area contributed by atoms with Gasteiger partial charge in [0.15, 0.2) is 11.5 Å². The molecule has 2 aromatic rings. The van der Waals surface area contributed by atoms with Crippen LogP contribution in [0.15, 0.2) is 48.5 Å². The van der Waals surface area contributed by atoms with Crippen molar-refractivity contribution in [1.82, 2.24) is 4.90 Å². The summed E-state index contributed by atoms with van der Waals surface area (Å²) >= 11 is 0. The van der Waals surface area contributed by atoms with Crippen LogP contribution in [0.25, 0.3) is 0 Å². The molecular weight excluding hydrogens is 340 g/mol. The smallest absolute Gasteiger partial charge is 0.221 e. The summed E-state index contributed by atoms with van der Waals surface area (Å²) in [4.78, 5) is 13.6. The van der Waals surface area contributed by atoms with Crippen LogP contribution in [0.1, 0.15) is 31.2 Å². The zero-order chi connectivity index (χ0) is 19.1. The maximum absolute atomic E-state index is 11.2. The van der Waals surface area contributed by atoms with E-state index in [9.17, 15) is 4.79 Å². The predicted octanol–water partition coefficient (Wildman–Crippen LogP) is 3.91. The third kappa shape index (κ3) is 5.47. The van der Waals surface area contributed by atoms with E-state index in [1.54, 1.807) is 13.2 Å². The Morgan fingerprint density at radius 2 is 1.85 bits per heavy atom. The molecule has 0 saturated carbocycles. The molecule has 0 bridgehead atoms. The van der Waals surface area contributed by atoms with Crippen molar-refractivity contribution in [2.45, 2.75) is 25.7 Å². The van der Waals surface area contributed by atoms with Crippen LogP contribution < -0.4 is 14.8 Å². The standard InChI is InChI=1S/C22H28N2O3/c1-17(25)23-20-8-9-21(22(16-20)26-2)27-15-14-24-12-10-19(11-13-24)18-6-4-3-5-7-18/h3-9,16,19H,10-15H2,1-2H3,(H,23,25). The number of nitrogens with one attached hydrogen (secondary N) is 1. The molecule has 1 N–H and O–H groups in total. The summed E-state index contributed by atoms with van der Waals surface area (Å²) in [5.41, 5.74) is 2.16. The van der Waals surface area contributed by atoms with Crippen molar-refractivity contribution in [3.63, 3.8) is 0 Å². The zero-order valence-corrected chi connectivity index (χ0v) is 16.1. The SMILES string of the molecule is COc1cc(NC(C)=O)ccc1OCCN1CCC(c2ccccc2)CC1. The molecular formula is C22H28N2O3. The number of likely N-dealkylation sites (tertiary alicyclic amines) is 1. The van der Waals surface area contributed by atoms with E-state index in [0.717, 1.165) is 19.6 Å². The van der Waals surface area contributed by atoms with Crippen LogP contribution in [0.2, 0.25) is 0 Å². The molecule has 0 aliphatic carbocycles. The summed E-state index contributed by atoms with van der Waals surface area (Å²) in [7, 11) is 1.61. The molecule has 0 spiro atoms. The van der Waals surface area contributed by atoms with Gasteiger partial charge in [-0.05, 0) is 49.5 Å². The fraction of sp³-hybridized carbons (Fsp3) is 0.409. The molecule has 0 unspecified atom stereocenters. The quantitative estimate of drug-likeness (QED) is 0.805. The number of carbonyl (C=O) groups excluding carboxylic acids is 1. The molecule has 1 amide bonds. The topological polar surface area (TPSA) is 50.8 Å². The van der Waals surface area contributed by atoms with Gasteiger partial charge in [0, 0.05) is 25.2 Å². The second-order valence-electron chi connectivity index (χ2n) is 6.92. The van der Waals surface area contributed by atoms with Crippen molar-refractivity contribution >= 4 is 11.6 Å². The lowest BCUT2D eigenvalue weighted by molar-refractivity contribution is -0.114. The van der Waals surface area contributed by atoms with E-state index >= 15 is 0 Å². The molecule has 2 aromatic carbocycles. The van der Waals surface area contributed by atoms with Gasteiger partial charge in [0.05, 0.1) is 7.11 Å². The fourth-order valence-electron chi connectivity index (χ4n) is 3.57. The average Bonchev–Trinajstić information content (AvgIpc) is 2.69. The molecule has 1 heterocycles. The first-order valence-corrected chi connectivity index (χ1v) is 9.51. The Morgan fingerprint density at radius 1 is 1.11 bits per heavy atom. The number of methoxy groups -OCH3 is 1. The van der Waals surface area contributed by atoms with Gasteiger partial charge < -0.3 is 14.8 Å². The molecule has 5 heteroatoms. The highest BCUT2D eigenvalue weighted by Gasteiger charge is 2.20. The maximum atomic E-state index is 11.2. The Labute approximate surface area is 161 Å². The molecule has 0 atom stereocenters. The number of benzene rings is 2. The van der Waals surface area contributed by atoms with Crippen molar-refractivity contribution in [2.75, 3.05) is 38.7 Å². The normalized spacial score (nSPS) is 15.3. The van der Waals surface area contributed by atoms with Crippen LogP contribution in [0.5, 0.6) is 11.5 Å². The van der Waals surface area contributed by atoms with Crippen molar-refractivity contribution in [1.29, 1.82) is 0 Å². The highest BCUT2D eigenvalue weighted by molar-refractivity contribution is 5.89. The number of rotatable bonds is 7. The van der Waals surface area contributed by atoms with Crippen LogP contribution >= 0.6 is 0 Å². The van der Waals surface area contributed by atoms with E-state index in [4.69, 9.17) is 9.47 Å². The molecule has 1 aliphatic rings. The molecule has 3 rings (SSSR count). The van der Waals surface area contributed by atoms with Gasteiger partial charge in [-0.2, -0.15) is 0 Å². The Hall–Kier alpha value is -2.53. The van der Waals surface area contributed by atoms with Crippen molar-refractivity contribution in [3.8, 4) is 11.5 Å². The lowest BCUT2D eigenvalue weighted by atomic mass is 9.89. The number of hydrogen-bond acceptors (Lipinski definition) is 4. The lowest BCUT2D eigenvalue weighted by Crippen LogP contribution is -2.35. The zero-order valence-electron chi connectivity index (χ0n) is 16.1. The first-order valence-electron chi connectivity index (χ1n) is 9.51. The predicted molar refractivity (Wildman–Crippen MR) is 108 cm³/mol. The summed E-state index contributed by atoms with van der Waals surface area (Å²) in [6.45, 7) is 5.20. The maximum Gasteiger partial charge on any atom is 0.221 e. The summed E-state index contributed by atoms with van der Waals surface area (Å²) in [5, 5.41) is 2.75. The Bertz CT molecular complexity index is 740. The number of nitrogens with zero attached hydrogens (tertiary/aromatic N) is 1. The van der Waals surface area contributed by atoms with Gasteiger partial charge in [-0.3, -0.25) is 9.69 Å². The van der Waals surface area contributed by atoms with Crippen molar-refractivity contribution in [2.24, 2.45) is 0 Å². The van der Waals surface area contributed by atoms with Crippen LogP contribution in [-0.2, 0) is 4.79 Å². The highest BCUT2D eigenvalue weighted by atomic mass is 16.5. The van der Waals surface area contributed by atoms with E-state index in [0.29, 0.717) is 29.7 Å². The average molecular weight is 368 g/mol. The largest absolute Gasteiger partial charge is 0.493 e. The molecule has 5 nitrogen and oxygen atoms in total. The number of amides is 1.